The number of amides is 2. The summed E-state index contributed by atoms with van der Waals surface area (Å²) >= 11 is 0. The van der Waals surface area contributed by atoms with Crippen LogP contribution in [-0.2, 0) is 9.84 Å². The van der Waals surface area contributed by atoms with Crippen molar-refractivity contribution < 1.29 is 13.2 Å². The maximum absolute atomic E-state index is 11.0. The average molecular weight is 206 g/mol. The quantitative estimate of drug-likeness (QED) is 0.650. The minimum atomic E-state index is -2.98. The highest BCUT2D eigenvalue weighted by molar-refractivity contribution is 7.90. The van der Waals surface area contributed by atoms with Gasteiger partial charge in [0.25, 0.3) is 0 Å². The Morgan fingerprint density at radius 2 is 2.08 bits per heavy atom. The van der Waals surface area contributed by atoms with Crippen LogP contribution in [0.5, 0.6) is 0 Å². The van der Waals surface area contributed by atoms with Crippen molar-refractivity contribution in [1.29, 1.82) is 0 Å². The molecule has 2 amide bonds. The fourth-order valence-corrected chi connectivity index (χ4v) is 1.29. The topological polar surface area (TPSA) is 75.3 Å². The summed E-state index contributed by atoms with van der Waals surface area (Å²) in [6, 6.07) is 0.0318. The summed E-state index contributed by atoms with van der Waals surface area (Å²) in [7, 11) is -2.98. The summed E-state index contributed by atoms with van der Waals surface area (Å²) in [5, 5.41) is 5.18. The van der Waals surface area contributed by atoms with E-state index in [2.05, 4.69) is 10.6 Å². The second-order valence-electron chi connectivity index (χ2n) is 3.30. The van der Waals surface area contributed by atoms with E-state index in [1.165, 1.54) is 0 Å². The molecule has 1 rings (SSSR count). The normalized spacial score (nSPS) is 16.7. The third-order valence-corrected chi connectivity index (χ3v) is 2.62. The molecule has 76 valence electrons. The van der Waals surface area contributed by atoms with E-state index >= 15 is 0 Å². The van der Waals surface area contributed by atoms with Crippen molar-refractivity contribution in [2.24, 2.45) is 0 Å². The first kappa shape index (κ1) is 10.3. The number of carbonyl (C=O) groups excluding carboxylic acids is 1. The summed E-state index contributed by atoms with van der Waals surface area (Å²) < 4.78 is 21.4. The molecule has 1 saturated carbocycles. The summed E-state index contributed by atoms with van der Waals surface area (Å²) in [6.07, 6.45) is 3.20. The number of sulfone groups is 1. The summed E-state index contributed by atoms with van der Waals surface area (Å²) in [5.74, 6) is -0.00884. The fourth-order valence-electron chi connectivity index (χ4n) is 0.814. The van der Waals surface area contributed by atoms with E-state index in [-0.39, 0.29) is 18.3 Å². The van der Waals surface area contributed by atoms with Crippen LogP contribution in [-0.4, -0.2) is 39.0 Å². The molecule has 2 N–H and O–H groups in total. The number of nitrogens with one attached hydrogen (secondary N) is 2. The molecule has 0 spiro atoms. The second kappa shape index (κ2) is 3.95. The van der Waals surface area contributed by atoms with E-state index < -0.39 is 9.84 Å². The van der Waals surface area contributed by atoms with Gasteiger partial charge in [0.05, 0.1) is 5.75 Å². The molecule has 13 heavy (non-hydrogen) atoms. The van der Waals surface area contributed by atoms with Crippen LogP contribution < -0.4 is 10.6 Å². The Balaban J connectivity index is 2.07. The molecule has 6 heteroatoms. The van der Waals surface area contributed by atoms with Crippen LogP contribution in [0.25, 0.3) is 0 Å². The van der Waals surface area contributed by atoms with E-state index in [0.717, 1.165) is 19.1 Å². The first-order valence-corrected chi connectivity index (χ1v) is 6.25. The lowest BCUT2D eigenvalue weighted by Crippen LogP contribution is -2.38. The highest BCUT2D eigenvalue weighted by atomic mass is 32.2. The van der Waals surface area contributed by atoms with E-state index in [9.17, 15) is 13.2 Å². The van der Waals surface area contributed by atoms with Crippen LogP contribution in [0.1, 0.15) is 12.8 Å². The second-order valence-corrected chi connectivity index (χ2v) is 5.56. The van der Waals surface area contributed by atoms with Gasteiger partial charge < -0.3 is 10.6 Å². The maximum Gasteiger partial charge on any atom is 0.315 e. The SMILES string of the molecule is CS(=O)(=O)CCNC(=O)NC1CC1. The van der Waals surface area contributed by atoms with Gasteiger partial charge in [-0.2, -0.15) is 0 Å². The van der Waals surface area contributed by atoms with Crippen molar-refractivity contribution in [3.05, 3.63) is 0 Å². The van der Waals surface area contributed by atoms with Gasteiger partial charge in [0.1, 0.15) is 9.84 Å². The van der Waals surface area contributed by atoms with Gasteiger partial charge in [0.2, 0.25) is 0 Å². The van der Waals surface area contributed by atoms with E-state index in [1.54, 1.807) is 0 Å². The molecule has 1 aliphatic carbocycles. The largest absolute Gasteiger partial charge is 0.337 e. The molecule has 0 radical (unpaired) electrons. The number of carbonyl (C=O) groups is 1. The molecule has 0 aromatic carbocycles. The maximum atomic E-state index is 11.0. The Labute approximate surface area is 77.8 Å². The lowest BCUT2D eigenvalue weighted by molar-refractivity contribution is 0.241. The molecular formula is C7H14N2O3S. The minimum Gasteiger partial charge on any atom is -0.337 e. The molecule has 0 saturated heterocycles. The zero-order valence-corrected chi connectivity index (χ0v) is 8.36. The van der Waals surface area contributed by atoms with Crippen molar-refractivity contribution >= 4 is 15.9 Å². The molecule has 0 aromatic heterocycles. The average Bonchev–Trinajstić information content (AvgIpc) is 2.68. The predicted octanol–water partition coefficient (Wildman–Crippen LogP) is -0.507. The highest BCUT2D eigenvalue weighted by Gasteiger charge is 2.22. The third-order valence-electron chi connectivity index (χ3n) is 1.67. The number of urea groups is 1. The Hall–Kier alpha value is -0.780. The van der Waals surface area contributed by atoms with Crippen molar-refractivity contribution in [3.63, 3.8) is 0 Å². The lowest BCUT2D eigenvalue weighted by Gasteiger charge is -2.04. The monoisotopic (exact) mass is 206 g/mol. The van der Waals surface area contributed by atoms with Gasteiger partial charge in [-0.05, 0) is 12.8 Å². The van der Waals surface area contributed by atoms with Crippen LogP contribution in [0.4, 0.5) is 4.79 Å². The fraction of sp³-hybridized carbons (Fsp3) is 0.857. The molecule has 1 aliphatic rings. The molecule has 0 heterocycles. The molecule has 0 unspecified atom stereocenters. The van der Waals surface area contributed by atoms with Gasteiger partial charge in [0.15, 0.2) is 0 Å². The zero-order chi connectivity index (χ0) is 9.90. The summed E-state index contributed by atoms with van der Waals surface area (Å²) in [5.41, 5.74) is 0. The summed E-state index contributed by atoms with van der Waals surface area (Å²) in [6.45, 7) is 0.178. The predicted molar refractivity (Wildman–Crippen MR) is 49.3 cm³/mol. The number of hydrogen-bond donors (Lipinski definition) is 2. The molecule has 0 aromatic rings. The van der Waals surface area contributed by atoms with Crippen LogP contribution >= 0.6 is 0 Å². The molecular weight excluding hydrogens is 192 g/mol. The smallest absolute Gasteiger partial charge is 0.315 e. The Morgan fingerprint density at radius 3 is 2.54 bits per heavy atom. The minimum absolute atomic E-state index is 0.00884. The van der Waals surface area contributed by atoms with E-state index in [4.69, 9.17) is 0 Å². The van der Waals surface area contributed by atoms with Crippen molar-refractivity contribution in [2.75, 3.05) is 18.6 Å². The van der Waals surface area contributed by atoms with Crippen molar-refractivity contribution in [1.82, 2.24) is 10.6 Å². The molecule has 5 nitrogen and oxygen atoms in total. The van der Waals surface area contributed by atoms with Crippen LogP contribution in [0, 0.1) is 0 Å². The third kappa shape index (κ3) is 5.46. The van der Waals surface area contributed by atoms with Gasteiger partial charge in [-0.1, -0.05) is 0 Å². The van der Waals surface area contributed by atoms with Crippen LogP contribution in [0.3, 0.4) is 0 Å². The lowest BCUT2D eigenvalue weighted by atomic mass is 10.6. The van der Waals surface area contributed by atoms with Gasteiger partial charge >= 0.3 is 6.03 Å². The highest BCUT2D eigenvalue weighted by Crippen LogP contribution is 2.17. The van der Waals surface area contributed by atoms with E-state index in [0.29, 0.717) is 6.04 Å². The van der Waals surface area contributed by atoms with Gasteiger partial charge in [-0.15, -0.1) is 0 Å². The zero-order valence-electron chi connectivity index (χ0n) is 7.54. The number of hydrogen-bond acceptors (Lipinski definition) is 3. The van der Waals surface area contributed by atoms with Gasteiger partial charge in [-0.3, -0.25) is 0 Å². The van der Waals surface area contributed by atoms with E-state index in [1.807, 2.05) is 0 Å². The first-order chi connectivity index (χ1) is 5.97. The Bertz CT molecular complexity index is 282. The van der Waals surface area contributed by atoms with Crippen molar-refractivity contribution in [3.8, 4) is 0 Å². The molecule has 1 fully saturated rings. The van der Waals surface area contributed by atoms with Crippen LogP contribution in [0.2, 0.25) is 0 Å². The Kier molecular flexibility index (Phi) is 3.13. The van der Waals surface area contributed by atoms with Crippen molar-refractivity contribution in [2.45, 2.75) is 18.9 Å². The molecule has 0 atom stereocenters. The summed E-state index contributed by atoms with van der Waals surface area (Å²) in [4.78, 5) is 11.0. The first-order valence-electron chi connectivity index (χ1n) is 4.19. The van der Waals surface area contributed by atoms with Crippen LogP contribution in [0.15, 0.2) is 0 Å². The molecule has 0 aliphatic heterocycles. The Morgan fingerprint density at radius 1 is 1.46 bits per heavy atom. The molecule has 0 bridgehead atoms. The van der Waals surface area contributed by atoms with Gasteiger partial charge in [0, 0.05) is 18.8 Å². The number of rotatable bonds is 4. The standard InChI is InChI=1S/C7H14N2O3S/c1-13(11,12)5-4-8-7(10)9-6-2-3-6/h6H,2-5H2,1H3,(H2,8,9,10). The van der Waals surface area contributed by atoms with Gasteiger partial charge in [-0.25, -0.2) is 13.2 Å².